The minimum Gasteiger partial charge on any atom is -0.464 e. The number of rotatable bonds is 2. The van der Waals surface area contributed by atoms with Crippen LogP contribution in [0.2, 0.25) is 0 Å². The van der Waals surface area contributed by atoms with Gasteiger partial charge < -0.3 is 9.94 Å². The van der Waals surface area contributed by atoms with E-state index in [4.69, 9.17) is 5.11 Å². The van der Waals surface area contributed by atoms with E-state index in [1.807, 2.05) is 20.8 Å². The molecule has 0 amide bonds. The molecule has 0 atom stereocenters. The lowest BCUT2D eigenvalue weighted by Gasteiger charge is -2.29. The van der Waals surface area contributed by atoms with Gasteiger partial charge in [0.15, 0.2) is 0 Å². The second kappa shape index (κ2) is 2.58. The van der Waals surface area contributed by atoms with Gasteiger partial charge in [0.2, 0.25) is 0 Å². The molecule has 0 bridgehead atoms. The third kappa shape index (κ3) is 1.54. The van der Waals surface area contributed by atoms with E-state index in [0.717, 1.165) is 6.42 Å². The van der Waals surface area contributed by atoms with Crippen LogP contribution in [0.3, 0.4) is 0 Å². The van der Waals surface area contributed by atoms with Crippen LogP contribution in [0.1, 0.15) is 27.2 Å². The molecular weight excluding hydrogens is 146 g/mol. The summed E-state index contributed by atoms with van der Waals surface area (Å²) in [6, 6.07) is 0. The molecule has 0 aromatic carbocycles. The predicted molar refractivity (Wildman–Crippen MR) is 40.5 cm³/mol. The molecule has 64 valence electrons. The highest BCUT2D eigenvalue weighted by Crippen LogP contribution is 2.18. The molecule has 11 heavy (non-hydrogen) atoms. The minimum atomic E-state index is -0.341. The Morgan fingerprint density at radius 1 is 1.73 bits per heavy atom. The van der Waals surface area contributed by atoms with Gasteiger partial charge in [-0.05, 0) is 25.9 Å². The van der Waals surface area contributed by atoms with E-state index >= 15 is 0 Å². The maximum atomic E-state index is 8.78. The molecule has 5 nitrogen and oxygen atoms in total. The monoisotopic (exact) mass is 159 g/mol. The van der Waals surface area contributed by atoms with E-state index in [9.17, 15) is 0 Å². The Balaban J connectivity index is 2.62. The van der Waals surface area contributed by atoms with E-state index in [2.05, 4.69) is 15.5 Å². The Bertz CT molecular complexity index is 179. The van der Waals surface area contributed by atoms with Crippen molar-refractivity contribution in [3.05, 3.63) is 0 Å². The summed E-state index contributed by atoms with van der Waals surface area (Å²) in [6.45, 7) is 6.02. The van der Waals surface area contributed by atoms with Crippen LogP contribution in [-0.4, -0.2) is 21.8 Å². The first-order valence-electron chi connectivity index (χ1n) is 3.56. The van der Waals surface area contributed by atoms with Gasteiger partial charge in [-0.25, -0.2) is 0 Å². The lowest BCUT2D eigenvalue weighted by Crippen LogP contribution is -2.45. The Hall–Kier alpha value is -0.970. The van der Waals surface area contributed by atoms with Crippen LogP contribution < -0.4 is 5.59 Å². The van der Waals surface area contributed by atoms with Crippen LogP contribution in [0.25, 0.3) is 0 Å². The zero-order valence-corrected chi connectivity index (χ0v) is 6.96. The van der Waals surface area contributed by atoms with E-state index in [1.165, 1.54) is 5.12 Å². The molecule has 1 rings (SSSR count). The van der Waals surface area contributed by atoms with Gasteiger partial charge in [0.25, 0.3) is 0 Å². The fourth-order valence-corrected chi connectivity index (χ4v) is 0.619. The van der Waals surface area contributed by atoms with Crippen molar-refractivity contribution in [2.24, 2.45) is 5.10 Å². The number of hydrogen-bond acceptors (Lipinski definition) is 4. The summed E-state index contributed by atoms with van der Waals surface area (Å²) < 4.78 is 0. The highest BCUT2D eigenvalue weighted by Gasteiger charge is 2.29. The van der Waals surface area contributed by atoms with Crippen molar-refractivity contribution >= 4 is 6.08 Å². The van der Waals surface area contributed by atoms with Crippen molar-refractivity contribution < 1.29 is 9.94 Å². The molecule has 0 saturated carbocycles. The van der Waals surface area contributed by atoms with Gasteiger partial charge in [-0.15, -0.1) is 0 Å². The third-order valence-electron chi connectivity index (χ3n) is 1.85. The van der Waals surface area contributed by atoms with Gasteiger partial charge in [0, 0.05) is 0 Å². The quantitative estimate of drug-likeness (QED) is 0.624. The average Bonchev–Trinajstić information content (AvgIpc) is 2.36. The summed E-state index contributed by atoms with van der Waals surface area (Å²) in [7, 11) is 0. The van der Waals surface area contributed by atoms with Gasteiger partial charge >= 0.3 is 6.08 Å². The summed E-state index contributed by atoms with van der Waals surface area (Å²) in [5.41, 5.74) is 2.33. The number of hydrogen-bond donors (Lipinski definition) is 2. The Labute approximate surface area is 65.6 Å². The van der Waals surface area contributed by atoms with E-state index in [1.54, 1.807) is 0 Å². The number of hydrazone groups is 1. The topological polar surface area (TPSA) is 57.1 Å². The molecule has 0 aromatic heterocycles. The SMILES string of the molecule is CCC(C)(C)N1N=C(O)ON1. The van der Waals surface area contributed by atoms with Crippen molar-refractivity contribution in [2.75, 3.05) is 0 Å². The highest BCUT2D eigenvalue weighted by molar-refractivity contribution is 5.64. The molecule has 1 heterocycles. The van der Waals surface area contributed by atoms with Crippen LogP contribution in [-0.2, 0) is 4.84 Å². The standard InChI is InChI=1S/C6H13N3O2/c1-4-6(2,3)9-7-5(10)11-8-9/h8H,4H2,1-3H3,(H,7,10). The molecule has 0 spiro atoms. The van der Waals surface area contributed by atoms with Gasteiger partial charge in [-0.3, -0.25) is 0 Å². The van der Waals surface area contributed by atoms with Crippen LogP contribution >= 0.6 is 0 Å². The fourth-order valence-electron chi connectivity index (χ4n) is 0.619. The number of aliphatic hydroxyl groups is 1. The maximum Gasteiger partial charge on any atom is 0.425 e. The Morgan fingerprint density at radius 2 is 2.36 bits per heavy atom. The Morgan fingerprint density at radius 3 is 2.73 bits per heavy atom. The van der Waals surface area contributed by atoms with Crippen molar-refractivity contribution in [1.29, 1.82) is 0 Å². The maximum absolute atomic E-state index is 8.78. The summed E-state index contributed by atoms with van der Waals surface area (Å²) in [5, 5.41) is 14.0. The second-order valence-corrected chi connectivity index (χ2v) is 3.05. The van der Waals surface area contributed by atoms with Crippen LogP contribution in [0, 0.1) is 0 Å². The largest absolute Gasteiger partial charge is 0.464 e. The van der Waals surface area contributed by atoms with E-state index in [-0.39, 0.29) is 11.6 Å². The number of nitrogens with zero attached hydrogens (tertiary/aromatic N) is 2. The van der Waals surface area contributed by atoms with Crippen LogP contribution in [0.4, 0.5) is 0 Å². The summed E-state index contributed by atoms with van der Waals surface area (Å²) in [6.07, 6.45) is 0.562. The smallest absolute Gasteiger partial charge is 0.425 e. The van der Waals surface area contributed by atoms with Gasteiger partial charge in [0.1, 0.15) is 0 Å². The lowest BCUT2D eigenvalue weighted by atomic mass is 10.0. The molecule has 1 aliphatic rings. The first-order valence-corrected chi connectivity index (χ1v) is 3.56. The van der Waals surface area contributed by atoms with Gasteiger partial charge in [0.05, 0.1) is 5.54 Å². The molecule has 0 radical (unpaired) electrons. The molecule has 0 aliphatic carbocycles. The van der Waals surface area contributed by atoms with Crippen LogP contribution in [0.15, 0.2) is 5.10 Å². The van der Waals surface area contributed by atoms with Gasteiger partial charge in [-0.2, -0.15) is 5.12 Å². The third-order valence-corrected chi connectivity index (χ3v) is 1.85. The van der Waals surface area contributed by atoms with Gasteiger partial charge in [-0.1, -0.05) is 12.0 Å². The second-order valence-electron chi connectivity index (χ2n) is 3.05. The zero-order chi connectivity index (χ0) is 8.48. The van der Waals surface area contributed by atoms with E-state index in [0.29, 0.717) is 0 Å². The van der Waals surface area contributed by atoms with Crippen molar-refractivity contribution in [3.8, 4) is 0 Å². The van der Waals surface area contributed by atoms with Crippen LogP contribution in [0.5, 0.6) is 0 Å². The Kier molecular flexibility index (Phi) is 1.90. The molecule has 2 N–H and O–H groups in total. The normalized spacial score (nSPS) is 18.1. The number of aliphatic hydroxyl groups excluding tert-OH is 1. The highest BCUT2D eigenvalue weighted by atomic mass is 16.8. The molecule has 5 heteroatoms. The average molecular weight is 159 g/mol. The molecular formula is C6H13N3O2. The molecule has 0 fully saturated rings. The lowest BCUT2D eigenvalue weighted by molar-refractivity contribution is -0.0408. The zero-order valence-electron chi connectivity index (χ0n) is 6.96. The molecule has 0 unspecified atom stereocenters. The minimum absolute atomic E-state index is 0.148. The summed E-state index contributed by atoms with van der Waals surface area (Å²) in [4.78, 5) is 4.54. The summed E-state index contributed by atoms with van der Waals surface area (Å²) >= 11 is 0. The first kappa shape index (κ1) is 8.13. The molecule has 0 saturated heterocycles. The predicted octanol–water partition coefficient (Wildman–Crippen LogP) is 0.756. The van der Waals surface area contributed by atoms with Crippen molar-refractivity contribution in [1.82, 2.24) is 10.7 Å². The fraction of sp³-hybridized carbons (Fsp3) is 0.833. The number of hydrazine groups is 1. The van der Waals surface area contributed by atoms with Crippen molar-refractivity contribution in [3.63, 3.8) is 0 Å². The summed E-state index contributed by atoms with van der Waals surface area (Å²) in [5.74, 6) is 0. The van der Waals surface area contributed by atoms with Crippen molar-refractivity contribution in [2.45, 2.75) is 32.7 Å². The molecule has 1 aliphatic heterocycles. The first-order chi connectivity index (χ1) is 5.06. The molecule has 0 aromatic rings. The number of nitrogens with one attached hydrogen (secondary N) is 1. The van der Waals surface area contributed by atoms with E-state index < -0.39 is 0 Å².